The molecule has 0 amide bonds. The summed E-state index contributed by atoms with van der Waals surface area (Å²) in [6, 6.07) is 6.79. The van der Waals surface area contributed by atoms with Crippen molar-refractivity contribution in [1.29, 1.82) is 0 Å². The average molecular weight is 251 g/mol. The second-order valence-electron chi connectivity index (χ2n) is 4.89. The van der Waals surface area contributed by atoms with Crippen LogP contribution in [0.15, 0.2) is 24.3 Å². The van der Waals surface area contributed by atoms with Crippen LogP contribution in [0.5, 0.6) is 0 Å². The molecular formula is C16H26FN. The molecule has 0 aliphatic carbocycles. The van der Waals surface area contributed by atoms with E-state index in [9.17, 15) is 4.39 Å². The molecule has 0 fully saturated rings. The van der Waals surface area contributed by atoms with Gasteiger partial charge in [-0.05, 0) is 43.6 Å². The first-order valence-electron chi connectivity index (χ1n) is 7.28. The van der Waals surface area contributed by atoms with Crippen molar-refractivity contribution in [3.05, 3.63) is 35.6 Å². The van der Waals surface area contributed by atoms with Gasteiger partial charge in [0.2, 0.25) is 0 Å². The van der Waals surface area contributed by atoms with Gasteiger partial charge in [0.15, 0.2) is 0 Å². The molecule has 0 aromatic heterocycles. The highest BCUT2D eigenvalue weighted by Gasteiger charge is 1.94. The molecule has 0 radical (unpaired) electrons. The average Bonchev–Trinajstić information content (AvgIpc) is 2.39. The fraction of sp³-hybridized carbons (Fsp3) is 0.625. The number of benzene rings is 1. The maximum atomic E-state index is 12.7. The van der Waals surface area contributed by atoms with Crippen LogP contribution < -0.4 is 5.32 Å². The summed E-state index contributed by atoms with van der Waals surface area (Å²) in [4.78, 5) is 0. The van der Waals surface area contributed by atoms with Gasteiger partial charge in [-0.25, -0.2) is 4.39 Å². The fourth-order valence-corrected chi connectivity index (χ4v) is 2.04. The lowest BCUT2D eigenvalue weighted by Crippen LogP contribution is -2.18. The van der Waals surface area contributed by atoms with Crippen molar-refractivity contribution in [1.82, 2.24) is 5.32 Å². The lowest BCUT2D eigenvalue weighted by atomic mass is 10.1. The van der Waals surface area contributed by atoms with Gasteiger partial charge >= 0.3 is 0 Å². The predicted octanol–water partition coefficient (Wildman–Crippen LogP) is 4.32. The molecule has 1 aromatic rings. The number of hydrogen-bond acceptors (Lipinski definition) is 1. The smallest absolute Gasteiger partial charge is 0.123 e. The van der Waals surface area contributed by atoms with Crippen LogP contribution in [-0.4, -0.2) is 13.1 Å². The highest BCUT2D eigenvalue weighted by Crippen LogP contribution is 2.04. The zero-order valence-corrected chi connectivity index (χ0v) is 11.6. The van der Waals surface area contributed by atoms with E-state index in [-0.39, 0.29) is 5.82 Å². The normalized spacial score (nSPS) is 10.8. The predicted molar refractivity (Wildman–Crippen MR) is 76.3 cm³/mol. The monoisotopic (exact) mass is 251 g/mol. The highest BCUT2D eigenvalue weighted by atomic mass is 19.1. The van der Waals surface area contributed by atoms with Crippen LogP contribution in [0.1, 0.15) is 51.0 Å². The number of unbranched alkanes of at least 4 members (excludes halogenated alkanes) is 5. The van der Waals surface area contributed by atoms with E-state index >= 15 is 0 Å². The summed E-state index contributed by atoms with van der Waals surface area (Å²) in [6.07, 6.45) is 9.03. The second kappa shape index (κ2) is 10.1. The van der Waals surface area contributed by atoms with Crippen LogP contribution in [0.25, 0.3) is 0 Å². The van der Waals surface area contributed by atoms with Gasteiger partial charge in [-0.3, -0.25) is 0 Å². The van der Waals surface area contributed by atoms with Crippen LogP contribution in [0.3, 0.4) is 0 Å². The Kier molecular flexibility index (Phi) is 8.49. The van der Waals surface area contributed by atoms with E-state index < -0.39 is 0 Å². The first kappa shape index (κ1) is 15.2. The second-order valence-corrected chi connectivity index (χ2v) is 4.89. The van der Waals surface area contributed by atoms with E-state index in [0.717, 1.165) is 19.5 Å². The molecule has 18 heavy (non-hydrogen) atoms. The molecule has 1 aromatic carbocycles. The molecule has 102 valence electrons. The zero-order valence-electron chi connectivity index (χ0n) is 11.6. The molecule has 1 rings (SSSR count). The molecule has 1 N–H and O–H groups in total. The first-order chi connectivity index (χ1) is 8.83. The molecule has 0 aliphatic rings. The quantitative estimate of drug-likeness (QED) is 0.611. The van der Waals surface area contributed by atoms with Crippen molar-refractivity contribution in [3.8, 4) is 0 Å². The summed E-state index contributed by atoms with van der Waals surface area (Å²) in [5.41, 5.74) is 1.20. The summed E-state index contributed by atoms with van der Waals surface area (Å²) in [7, 11) is 0. The number of halogens is 1. The summed E-state index contributed by atoms with van der Waals surface area (Å²) in [6.45, 7) is 4.34. The molecule has 0 unspecified atom stereocenters. The molecule has 0 saturated heterocycles. The largest absolute Gasteiger partial charge is 0.316 e. The van der Waals surface area contributed by atoms with Crippen LogP contribution in [-0.2, 0) is 6.42 Å². The summed E-state index contributed by atoms with van der Waals surface area (Å²) >= 11 is 0. The third kappa shape index (κ3) is 7.44. The van der Waals surface area contributed by atoms with Gasteiger partial charge in [0.05, 0.1) is 0 Å². The molecular weight excluding hydrogens is 225 g/mol. The molecule has 2 heteroatoms. The van der Waals surface area contributed by atoms with Gasteiger partial charge in [0, 0.05) is 0 Å². The lowest BCUT2D eigenvalue weighted by molar-refractivity contribution is 0.572. The highest BCUT2D eigenvalue weighted by molar-refractivity contribution is 5.16. The number of hydrogen-bond donors (Lipinski definition) is 1. The Morgan fingerprint density at radius 3 is 2.28 bits per heavy atom. The number of nitrogens with one attached hydrogen (secondary N) is 1. The Hall–Kier alpha value is -0.890. The van der Waals surface area contributed by atoms with Gasteiger partial charge < -0.3 is 5.32 Å². The third-order valence-electron chi connectivity index (χ3n) is 3.21. The van der Waals surface area contributed by atoms with E-state index in [0.29, 0.717) is 0 Å². The van der Waals surface area contributed by atoms with Crippen molar-refractivity contribution in [3.63, 3.8) is 0 Å². The van der Waals surface area contributed by atoms with E-state index in [1.165, 1.54) is 56.2 Å². The van der Waals surface area contributed by atoms with Gasteiger partial charge in [-0.1, -0.05) is 51.2 Å². The Bertz CT molecular complexity index is 294. The van der Waals surface area contributed by atoms with Crippen molar-refractivity contribution < 1.29 is 4.39 Å². The zero-order chi connectivity index (χ0) is 13.1. The van der Waals surface area contributed by atoms with E-state index in [2.05, 4.69) is 12.2 Å². The Labute approximate surface area is 111 Å². The van der Waals surface area contributed by atoms with Crippen molar-refractivity contribution in [2.45, 2.75) is 51.9 Å². The van der Waals surface area contributed by atoms with Gasteiger partial charge in [0.25, 0.3) is 0 Å². The van der Waals surface area contributed by atoms with Gasteiger partial charge in [-0.15, -0.1) is 0 Å². The molecule has 0 saturated carbocycles. The molecule has 0 atom stereocenters. The lowest BCUT2D eigenvalue weighted by Gasteiger charge is -2.05. The number of rotatable bonds is 10. The van der Waals surface area contributed by atoms with Crippen molar-refractivity contribution in [2.75, 3.05) is 13.1 Å². The van der Waals surface area contributed by atoms with Crippen LogP contribution in [0.2, 0.25) is 0 Å². The third-order valence-corrected chi connectivity index (χ3v) is 3.21. The minimum Gasteiger partial charge on any atom is -0.316 e. The van der Waals surface area contributed by atoms with Gasteiger partial charge in [0.1, 0.15) is 5.82 Å². The van der Waals surface area contributed by atoms with Gasteiger partial charge in [-0.2, -0.15) is 0 Å². The van der Waals surface area contributed by atoms with Crippen molar-refractivity contribution >= 4 is 0 Å². The van der Waals surface area contributed by atoms with Crippen LogP contribution >= 0.6 is 0 Å². The summed E-state index contributed by atoms with van der Waals surface area (Å²) in [5.74, 6) is -0.154. The van der Waals surface area contributed by atoms with E-state index in [4.69, 9.17) is 0 Å². The minimum absolute atomic E-state index is 0.154. The molecule has 0 spiro atoms. The molecule has 0 bridgehead atoms. The molecule has 0 heterocycles. The van der Waals surface area contributed by atoms with Crippen LogP contribution in [0, 0.1) is 5.82 Å². The SMILES string of the molecule is CCCCCCCCNCCc1ccc(F)cc1. The maximum Gasteiger partial charge on any atom is 0.123 e. The minimum atomic E-state index is -0.154. The Morgan fingerprint density at radius 2 is 1.56 bits per heavy atom. The standard InChI is InChI=1S/C16H26FN/c1-2-3-4-5-6-7-13-18-14-12-15-8-10-16(17)11-9-15/h8-11,18H,2-7,12-14H2,1H3. The van der Waals surface area contributed by atoms with Crippen LogP contribution in [0.4, 0.5) is 4.39 Å². The summed E-state index contributed by atoms with van der Waals surface area (Å²) < 4.78 is 12.7. The van der Waals surface area contributed by atoms with Crippen molar-refractivity contribution in [2.24, 2.45) is 0 Å². The van der Waals surface area contributed by atoms with E-state index in [1.54, 1.807) is 0 Å². The maximum absolute atomic E-state index is 12.7. The molecule has 1 nitrogen and oxygen atoms in total. The summed E-state index contributed by atoms with van der Waals surface area (Å²) in [5, 5.41) is 3.45. The fourth-order valence-electron chi connectivity index (χ4n) is 2.04. The topological polar surface area (TPSA) is 12.0 Å². The molecule has 0 aliphatic heterocycles. The Morgan fingerprint density at radius 1 is 0.889 bits per heavy atom. The Balaban J connectivity index is 1.91. The van der Waals surface area contributed by atoms with E-state index in [1.807, 2.05) is 12.1 Å². The first-order valence-corrected chi connectivity index (χ1v) is 7.28.